The van der Waals surface area contributed by atoms with Crippen LogP contribution in [0.4, 0.5) is 0 Å². The van der Waals surface area contributed by atoms with Crippen LogP contribution in [0.25, 0.3) is 28.6 Å². The van der Waals surface area contributed by atoms with Crippen molar-refractivity contribution in [1.82, 2.24) is 24.5 Å². The summed E-state index contributed by atoms with van der Waals surface area (Å²) in [5.41, 5.74) is 4.17. The number of allylic oxidation sites excluding steroid dienone is 1. The van der Waals surface area contributed by atoms with Gasteiger partial charge in [-0.2, -0.15) is 10.4 Å². The zero-order chi connectivity index (χ0) is 21.0. The molecule has 0 saturated heterocycles. The summed E-state index contributed by atoms with van der Waals surface area (Å²) in [6.07, 6.45) is 8.14. The van der Waals surface area contributed by atoms with E-state index >= 15 is 0 Å². The molecule has 5 rings (SSSR count). The molecule has 2 aromatic heterocycles. The largest absolute Gasteiger partial charge is 0.310 e. The lowest BCUT2D eigenvalue weighted by Crippen LogP contribution is -2.05. The van der Waals surface area contributed by atoms with Crippen LogP contribution in [0.5, 0.6) is 0 Å². The van der Waals surface area contributed by atoms with Gasteiger partial charge in [0.05, 0.1) is 17.0 Å². The van der Waals surface area contributed by atoms with Crippen molar-refractivity contribution in [2.45, 2.75) is 32.2 Å². The summed E-state index contributed by atoms with van der Waals surface area (Å²) >= 11 is 0. The van der Waals surface area contributed by atoms with E-state index in [4.69, 9.17) is 5.10 Å². The van der Waals surface area contributed by atoms with Gasteiger partial charge in [0, 0.05) is 30.3 Å². The van der Waals surface area contributed by atoms with Crippen LogP contribution in [0.15, 0.2) is 66.9 Å². The molecule has 0 N–H and O–H groups in total. The number of nitriles is 1. The van der Waals surface area contributed by atoms with Gasteiger partial charge in [0.15, 0.2) is 5.82 Å². The molecule has 0 saturated carbocycles. The minimum Gasteiger partial charge on any atom is -0.310 e. The first-order chi connectivity index (χ1) is 15.3. The quantitative estimate of drug-likeness (QED) is 0.451. The zero-order valence-corrected chi connectivity index (χ0v) is 17.1. The first-order valence-electron chi connectivity index (χ1n) is 10.6. The summed E-state index contributed by atoms with van der Waals surface area (Å²) in [4.78, 5) is 0. The lowest BCUT2D eigenvalue weighted by atomic mass is 10.1. The van der Waals surface area contributed by atoms with Crippen molar-refractivity contribution >= 4 is 11.6 Å². The van der Waals surface area contributed by atoms with E-state index in [9.17, 15) is 5.26 Å². The molecule has 152 valence electrons. The Morgan fingerprint density at radius 1 is 0.935 bits per heavy atom. The zero-order valence-electron chi connectivity index (χ0n) is 17.1. The van der Waals surface area contributed by atoms with E-state index < -0.39 is 0 Å². The normalized spacial score (nSPS) is 14.0. The van der Waals surface area contributed by atoms with Gasteiger partial charge in [-0.25, -0.2) is 4.68 Å². The first-order valence-corrected chi connectivity index (χ1v) is 10.6. The second-order valence-electron chi connectivity index (χ2n) is 7.65. The second kappa shape index (κ2) is 8.41. The molecule has 4 aromatic rings. The monoisotopic (exact) mass is 406 g/mol. The summed E-state index contributed by atoms with van der Waals surface area (Å²) < 4.78 is 3.96. The smallest absolute Gasteiger partial charge is 0.174 e. The average Bonchev–Trinajstić information content (AvgIpc) is 3.35. The van der Waals surface area contributed by atoms with Crippen molar-refractivity contribution in [3.63, 3.8) is 0 Å². The van der Waals surface area contributed by atoms with Crippen LogP contribution in [0.3, 0.4) is 0 Å². The Kier molecular flexibility index (Phi) is 5.16. The summed E-state index contributed by atoms with van der Waals surface area (Å²) in [5.74, 6) is 1.61. The van der Waals surface area contributed by atoms with Gasteiger partial charge >= 0.3 is 0 Å². The first kappa shape index (κ1) is 19.0. The van der Waals surface area contributed by atoms with Crippen molar-refractivity contribution in [3.8, 4) is 23.0 Å². The fourth-order valence-electron chi connectivity index (χ4n) is 4.01. The standard InChI is InChI=1S/C25H22N6/c26-17-20(25-28-27-23-14-8-3-9-15-30(23)25)16-21-18-31(22-12-6-2-7-13-22)29-24(21)19-10-4-1-5-11-19/h1-2,4-7,10-13,16,18H,3,8-9,14-15H2. The molecule has 0 aliphatic carbocycles. The predicted molar refractivity (Wildman–Crippen MR) is 120 cm³/mol. The number of aryl methyl sites for hydroxylation is 1. The van der Waals surface area contributed by atoms with E-state index in [2.05, 4.69) is 20.8 Å². The molecule has 0 spiro atoms. The van der Waals surface area contributed by atoms with Crippen LogP contribution < -0.4 is 0 Å². The summed E-state index contributed by atoms with van der Waals surface area (Å²) in [6, 6.07) is 22.4. The molecule has 1 aliphatic heterocycles. The number of nitrogens with zero attached hydrogens (tertiary/aromatic N) is 6. The molecule has 0 fully saturated rings. The number of hydrogen-bond donors (Lipinski definition) is 0. The second-order valence-corrected chi connectivity index (χ2v) is 7.65. The molecule has 0 atom stereocenters. The number of hydrogen-bond acceptors (Lipinski definition) is 4. The Morgan fingerprint density at radius 3 is 2.48 bits per heavy atom. The van der Waals surface area contributed by atoms with Crippen molar-refractivity contribution in [3.05, 3.63) is 84.1 Å². The highest BCUT2D eigenvalue weighted by molar-refractivity contribution is 5.90. The van der Waals surface area contributed by atoms with Gasteiger partial charge in [0.1, 0.15) is 11.9 Å². The Hall–Kier alpha value is -3.98. The molecule has 6 heteroatoms. The number of para-hydroxylation sites is 1. The van der Waals surface area contributed by atoms with Crippen LogP contribution in [-0.2, 0) is 13.0 Å². The van der Waals surface area contributed by atoms with E-state index in [-0.39, 0.29) is 0 Å². The van der Waals surface area contributed by atoms with Gasteiger partial charge in [0.2, 0.25) is 0 Å². The molecule has 0 bridgehead atoms. The maximum Gasteiger partial charge on any atom is 0.174 e. The van der Waals surface area contributed by atoms with Crippen LogP contribution in [0, 0.1) is 11.3 Å². The summed E-state index contributed by atoms with van der Waals surface area (Å²) in [7, 11) is 0. The minimum absolute atomic E-state index is 0.505. The van der Waals surface area contributed by atoms with Gasteiger partial charge in [-0.05, 0) is 31.1 Å². The fourth-order valence-corrected chi connectivity index (χ4v) is 4.01. The van der Waals surface area contributed by atoms with E-state index in [0.29, 0.717) is 11.4 Å². The average molecular weight is 406 g/mol. The third-order valence-electron chi connectivity index (χ3n) is 5.58. The molecular formula is C25H22N6. The number of benzene rings is 2. The number of fused-ring (bicyclic) bond motifs is 1. The summed E-state index contributed by atoms with van der Waals surface area (Å²) in [6.45, 7) is 0.853. The Labute approximate surface area is 181 Å². The molecule has 3 heterocycles. The molecule has 0 unspecified atom stereocenters. The lowest BCUT2D eigenvalue weighted by Gasteiger charge is -2.06. The molecule has 31 heavy (non-hydrogen) atoms. The fraction of sp³-hybridized carbons (Fsp3) is 0.200. The van der Waals surface area contributed by atoms with E-state index in [1.54, 1.807) is 0 Å². The van der Waals surface area contributed by atoms with Crippen molar-refractivity contribution in [2.75, 3.05) is 0 Å². The highest BCUT2D eigenvalue weighted by Gasteiger charge is 2.19. The van der Waals surface area contributed by atoms with Gasteiger partial charge in [-0.15, -0.1) is 10.2 Å². The van der Waals surface area contributed by atoms with E-state index in [1.807, 2.05) is 77.6 Å². The van der Waals surface area contributed by atoms with Gasteiger partial charge in [0.25, 0.3) is 0 Å². The van der Waals surface area contributed by atoms with Crippen LogP contribution >= 0.6 is 0 Å². The maximum atomic E-state index is 9.99. The van der Waals surface area contributed by atoms with Gasteiger partial charge < -0.3 is 4.57 Å². The molecule has 6 nitrogen and oxygen atoms in total. The van der Waals surface area contributed by atoms with E-state index in [0.717, 1.165) is 54.1 Å². The number of rotatable bonds is 4. The van der Waals surface area contributed by atoms with Crippen molar-refractivity contribution < 1.29 is 0 Å². The van der Waals surface area contributed by atoms with Crippen molar-refractivity contribution in [1.29, 1.82) is 5.26 Å². The highest BCUT2D eigenvalue weighted by Crippen LogP contribution is 2.28. The van der Waals surface area contributed by atoms with Gasteiger partial charge in [-0.1, -0.05) is 55.0 Å². The molecule has 2 aromatic carbocycles. The van der Waals surface area contributed by atoms with Crippen LogP contribution in [0.2, 0.25) is 0 Å². The van der Waals surface area contributed by atoms with Crippen LogP contribution in [-0.4, -0.2) is 24.5 Å². The lowest BCUT2D eigenvalue weighted by molar-refractivity contribution is 0.627. The van der Waals surface area contributed by atoms with Crippen molar-refractivity contribution in [2.24, 2.45) is 0 Å². The number of aromatic nitrogens is 5. The Balaban J connectivity index is 1.63. The maximum absolute atomic E-state index is 9.99. The minimum atomic E-state index is 0.505. The van der Waals surface area contributed by atoms with Crippen LogP contribution in [0.1, 0.15) is 36.5 Å². The highest BCUT2D eigenvalue weighted by atomic mass is 15.3. The van der Waals surface area contributed by atoms with E-state index in [1.165, 1.54) is 6.42 Å². The Morgan fingerprint density at radius 2 is 1.71 bits per heavy atom. The summed E-state index contributed by atoms with van der Waals surface area (Å²) in [5, 5.41) is 23.6. The SMILES string of the molecule is N#CC(=Cc1cn(-c2ccccc2)nc1-c1ccccc1)c1nnc2n1CCCCC2. The predicted octanol–water partition coefficient (Wildman–Crippen LogP) is 4.92. The third kappa shape index (κ3) is 3.78. The topological polar surface area (TPSA) is 72.3 Å². The van der Waals surface area contributed by atoms with Gasteiger partial charge in [-0.3, -0.25) is 0 Å². The molecular weight excluding hydrogens is 384 g/mol. The molecule has 1 aliphatic rings. The Bertz CT molecular complexity index is 1260. The third-order valence-corrected chi connectivity index (χ3v) is 5.58. The molecule has 0 amide bonds. The molecule has 0 radical (unpaired) electrons.